The first-order valence-corrected chi connectivity index (χ1v) is 15.3. The maximum Gasteiger partial charge on any atom is 0.490 e. The zero-order chi connectivity index (χ0) is 31.4. The molecule has 4 rings (SSSR count). The van der Waals surface area contributed by atoms with Gasteiger partial charge in [-0.3, -0.25) is 14.5 Å². The van der Waals surface area contributed by atoms with Crippen LogP contribution in [0.3, 0.4) is 0 Å². The van der Waals surface area contributed by atoms with E-state index in [2.05, 4.69) is 17.1 Å². The van der Waals surface area contributed by atoms with Crippen LogP contribution in [0.4, 0.5) is 13.2 Å². The molecule has 2 amide bonds. The predicted molar refractivity (Wildman–Crippen MR) is 152 cm³/mol. The van der Waals surface area contributed by atoms with Gasteiger partial charge in [0.15, 0.2) is 0 Å². The summed E-state index contributed by atoms with van der Waals surface area (Å²) in [6.07, 6.45) is -1.72. The molecule has 1 aromatic carbocycles. The summed E-state index contributed by atoms with van der Waals surface area (Å²) in [7, 11) is -1.36. The molecular formula is C26H32F3N5O6S2. The fourth-order valence-electron chi connectivity index (χ4n) is 4.78. The van der Waals surface area contributed by atoms with Gasteiger partial charge >= 0.3 is 12.1 Å². The molecule has 0 unspecified atom stereocenters. The number of fused-ring (bicyclic) bond motifs is 1. The summed E-state index contributed by atoms with van der Waals surface area (Å²) in [5.74, 6) is -3.35. The van der Waals surface area contributed by atoms with Gasteiger partial charge in [0, 0.05) is 36.1 Å². The zero-order valence-corrected chi connectivity index (χ0v) is 24.5. The van der Waals surface area contributed by atoms with Gasteiger partial charge in [-0.25, -0.2) is 17.5 Å². The Bertz CT molecular complexity index is 1560. The summed E-state index contributed by atoms with van der Waals surface area (Å²) in [6, 6.07) is 5.93. The van der Waals surface area contributed by atoms with Crippen LogP contribution in [0.15, 0.2) is 29.8 Å². The number of H-pyrrole nitrogens is 1. The molecule has 16 heteroatoms. The molecule has 3 aromatic rings. The van der Waals surface area contributed by atoms with Crippen LogP contribution in [0.1, 0.15) is 46.5 Å². The molecule has 1 aliphatic heterocycles. The number of amides is 2. The van der Waals surface area contributed by atoms with Crippen molar-refractivity contribution in [2.45, 2.75) is 38.4 Å². The van der Waals surface area contributed by atoms with E-state index >= 15 is 0 Å². The number of aliphatic carboxylic acids is 1. The van der Waals surface area contributed by atoms with Crippen LogP contribution >= 0.6 is 11.3 Å². The van der Waals surface area contributed by atoms with Crippen molar-refractivity contribution in [1.82, 2.24) is 14.2 Å². The number of hydrogen-bond acceptors (Lipinski definition) is 7. The predicted octanol–water partition coefficient (Wildman–Crippen LogP) is 3.07. The highest BCUT2D eigenvalue weighted by Gasteiger charge is 2.38. The summed E-state index contributed by atoms with van der Waals surface area (Å²) in [4.78, 5) is 38.5. The van der Waals surface area contributed by atoms with E-state index in [1.54, 1.807) is 28.6 Å². The smallest absolute Gasteiger partial charge is 0.475 e. The summed E-state index contributed by atoms with van der Waals surface area (Å²) in [5, 5.41) is 10.1. The number of alkyl halides is 3. The third-order valence-corrected chi connectivity index (χ3v) is 9.62. The number of carboxylic acids is 1. The number of halogens is 3. The average molecular weight is 632 g/mol. The van der Waals surface area contributed by atoms with Gasteiger partial charge in [-0.1, -0.05) is 0 Å². The van der Waals surface area contributed by atoms with Gasteiger partial charge in [-0.15, -0.1) is 11.3 Å². The zero-order valence-electron chi connectivity index (χ0n) is 22.9. The fraction of sp³-hybridized carbons (Fsp3) is 0.423. The monoisotopic (exact) mass is 631 g/mol. The van der Waals surface area contributed by atoms with Crippen LogP contribution in [-0.4, -0.2) is 84.1 Å². The Labute approximate surface area is 244 Å². The number of thiophene rings is 1. The normalized spacial score (nSPS) is 15.0. The highest BCUT2D eigenvalue weighted by atomic mass is 32.2. The number of piperidine rings is 1. The lowest BCUT2D eigenvalue weighted by atomic mass is 9.88. The number of nitrogens with zero attached hydrogens (tertiary/aromatic N) is 2. The number of aromatic nitrogens is 1. The minimum Gasteiger partial charge on any atom is -0.475 e. The van der Waals surface area contributed by atoms with Crippen molar-refractivity contribution in [2.24, 2.45) is 11.5 Å². The van der Waals surface area contributed by atoms with Crippen molar-refractivity contribution in [3.8, 4) is 11.1 Å². The molecule has 0 aliphatic carbocycles. The first-order valence-electron chi connectivity index (χ1n) is 12.8. The molecular weight excluding hydrogens is 599 g/mol. The van der Waals surface area contributed by atoms with Gasteiger partial charge in [0.05, 0.1) is 23.4 Å². The Hall–Kier alpha value is -3.47. The molecule has 1 aliphatic rings. The summed E-state index contributed by atoms with van der Waals surface area (Å²) < 4.78 is 57.8. The molecule has 6 N–H and O–H groups in total. The van der Waals surface area contributed by atoms with Crippen LogP contribution in [0.25, 0.3) is 22.0 Å². The first kappa shape index (κ1) is 33.0. The molecule has 0 bridgehead atoms. The van der Waals surface area contributed by atoms with Gasteiger partial charge < -0.3 is 21.6 Å². The molecule has 11 nitrogen and oxygen atoms in total. The Morgan fingerprint density at radius 1 is 1.14 bits per heavy atom. The van der Waals surface area contributed by atoms with Crippen molar-refractivity contribution in [2.75, 3.05) is 32.4 Å². The number of nitrogens with one attached hydrogen (secondary N) is 1. The van der Waals surface area contributed by atoms with Crippen molar-refractivity contribution in [1.29, 1.82) is 0 Å². The molecule has 0 spiro atoms. The number of rotatable bonds is 9. The van der Waals surface area contributed by atoms with Crippen molar-refractivity contribution in [3.05, 3.63) is 45.8 Å². The number of primary amides is 2. The second kappa shape index (κ2) is 13.2. The molecule has 1 saturated heterocycles. The number of nitrogens with two attached hydrogens (primary N) is 2. The number of carbonyl (C=O) groups is 3. The first-order chi connectivity index (χ1) is 19.5. The van der Waals surface area contributed by atoms with Gasteiger partial charge in [-0.05, 0) is 73.0 Å². The van der Waals surface area contributed by atoms with Crippen LogP contribution < -0.4 is 11.5 Å². The molecule has 0 atom stereocenters. The molecule has 2 aromatic heterocycles. The Kier molecular flexibility index (Phi) is 10.4. The van der Waals surface area contributed by atoms with E-state index in [1.165, 1.54) is 0 Å². The third-order valence-electron chi connectivity index (χ3n) is 6.82. The van der Waals surface area contributed by atoms with Crippen molar-refractivity contribution in [3.63, 3.8) is 0 Å². The van der Waals surface area contributed by atoms with Gasteiger partial charge in [0.2, 0.25) is 15.9 Å². The molecule has 42 heavy (non-hydrogen) atoms. The largest absolute Gasteiger partial charge is 0.490 e. The topological polar surface area (TPSA) is 180 Å². The van der Waals surface area contributed by atoms with E-state index < -0.39 is 28.1 Å². The molecule has 3 heterocycles. The lowest BCUT2D eigenvalue weighted by Crippen LogP contribution is -2.38. The van der Waals surface area contributed by atoms with E-state index in [-0.39, 0.29) is 24.1 Å². The minimum absolute atomic E-state index is 0.108. The second-order valence-corrected chi connectivity index (χ2v) is 13.1. The number of benzene rings is 1. The summed E-state index contributed by atoms with van der Waals surface area (Å²) >= 11 is 1.58. The van der Waals surface area contributed by atoms with Crippen molar-refractivity contribution >= 4 is 50.0 Å². The maximum atomic E-state index is 12.3. The number of carbonyl (C=O) groups excluding carboxylic acids is 2. The third kappa shape index (κ3) is 8.08. The number of hydrogen-bond donors (Lipinski definition) is 4. The van der Waals surface area contributed by atoms with E-state index in [0.717, 1.165) is 39.8 Å². The summed E-state index contributed by atoms with van der Waals surface area (Å²) in [5.41, 5.74) is 15.1. The lowest BCUT2D eigenvalue weighted by molar-refractivity contribution is -0.192. The van der Waals surface area contributed by atoms with Gasteiger partial charge in [-0.2, -0.15) is 13.2 Å². The van der Waals surface area contributed by atoms with Gasteiger partial charge in [0.25, 0.3) is 5.91 Å². The number of carboxylic acid groups (broad SMARTS) is 1. The van der Waals surface area contributed by atoms with E-state index in [4.69, 9.17) is 21.4 Å². The highest BCUT2D eigenvalue weighted by molar-refractivity contribution is 7.89. The van der Waals surface area contributed by atoms with Crippen LogP contribution in [0.2, 0.25) is 0 Å². The Balaban J connectivity index is 0.000000616. The number of sulfonamides is 1. The minimum atomic E-state index is -5.08. The molecule has 1 fully saturated rings. The lowest BCUT2D eigenvalue weighted by Gasteiger charge is -2.31. The second-order valence-electron chi connectivity index (χ2n) is 9.87. The van der Waals surface area contributed by atoms with Crippen LogP contribution in [0.5, 0.6) is 0 Å². The van der Waals surface area contributed by atoms with Crippen LogP contribution in [0, 0.1) is 0 Å². The highest BCUT2D eigenvalue weighted by Crippen LogP contribution is 2.38. The average Bonchev–Trinajstić information content (AvgIpc) is 3.54. The fourth-order valence-corrected chi connectivity index (χ4v) is 6.89. The van der Waals surface area contributed by atoms with E-state index in [9.17, 15) is 31.2 Å². The van der Waals surface area contributed by atoms with E-state index in [0.29, 0.717) is 30.7 Å². The SMILES string of the molecule is CCS(=O)(=O)N1CCC(c2c[nH]c3c(C(N)=O)cc(-c4csc(CN(C)CC(N)=O)c4)cc23)CC1.O=C(O)C(F)(F)F. The van der Waals surface area contributed by atoms with Crippen LogP contribution in [-0.2, 0) is 26.2 Å². The quantitative estimate of drug-likeness (QED) is 0.280. The molecule has 0 saturated carbocycles. The standard InChI is InChI=1S/C24H31N5O4S2.C2HF3O2/c1-3-35(32,33)29-6-4-15(5-7-29)21-11-27-23-19(21)9-16(10-20(23)24(26)31)17-8-18(34-14-17)12-28(2)13-22(25)30;3-2(4,5)1(6)7/h8-11,14-15,27H,3-7,12-13H2,1-2H3,(H2,25,30)(H2,26,31);(H,6,7). The number of likely N-dealkylation sites (N-methyl/N-ethyl adjacent to an activating group) is 1. The molecule has 230 valence electrons. The van der Waals surface area contributed by atoms with Gasteiger partial charge in [0.1, 0.15) is 0 Å². The Morgan fingerprint density at radius 2 is 1.76 bits per heavy atom. The molecule has 0 radical (unpaired) electrons. The van der Waals surface area contributed by atoms with Crippen molar-refractivity contribution < 1.29 is 41.1 Å². The summed E-state index contributed by atoms with van der Waals surface area (Å²) in [6.45, 7) is 3.41. The number of aromatic amines is 1. The van der Waals surface area contributed by atoms with E-state index in [1.807, 2.05) is 23.5 Å². The Morgan fingerprint density at radius 3 is 2.29 bits per heavy atom. The maximum absolute atomic E-state index is 12.3.